The fourth-order valence-electron chi connectivity index (χ4n) is 2.58. The summed E-state index contributed by atoms with van der Waals surface area (Å²) < 4.78 is 0. The highest BCUT2D eigenvalue weighted by molar-refractivity contribution is 5.34. The third-order valence-electron chi connectivity index (χ3n) is 3.88. The van der Waals surface area contributed by atoms with Crippen LogP contribution >= 0.6 is 0 Å². The minimum absolute atomic E-state index is 0.612. The van der Waals surface area contributed by atoms with Gasteiger partial charge in [0.05, 0.1) is 5.69 Å². The highest BCUT2D eigenvalue weighted by Gasteiger charge is 2.26. The van der Waals surface area contributed by atoms with Gasteiger partial charge in [-0.25, -0.2) is 4.98 Å². The molecule has 1 fully saturated rings. The maximum absolute atomic E-state index is 4.59. The SMILES string of the molecule is CNc1cccc(CN2CC(C)N(C)C(C)C2)n1. The van der Waals surface area contributed by atoms with E-state index in [0.29, 0.717) is 12.1 Å². The van der Waals surface area contributed by atoms with Crippen molar-refractivity contribution in [1.82, 2.24) is 14.8 Å². The lowest BCUT2D eigenvalue weighted by Gasteiger charge is -2.42. The number of pyridine rings is 1. The molecule has 0 bridgehead atoms. The first-order chi connectivity index (χ1) is 8.60. The Kier molecular flexibility index (Phi) is 4.19. The molecule has 0 aliphatic carbocycles. The Morgan fingerprint density at radius 1 is 1.28 bits per heavy atom. The molecule has 100 valence electrons. The quantitative estimate of drug-likeness (QED) is 0.881. The van der Waals surface area contributed by atoms with Crippen LogP contribution in [-0.2, 0) is 6.54 Å². The van der Waals surface area contributed by atoms with Gasteiger partial charge in [0.25, 0.3) is 0 Å². The minimum Gasteiger partial charge on any atom is -0.373 e. The topological polar surface area (TPSA) is 31.4 Å². The number of likely N-dealkylation sites (N-methyl/N-ethyl adjacent to an activating group) is 1. The van der Waals surface area contributed by atoms with Gasteiger partial charge in [0, 0.05) is 38.8 Å². The van der Waals surface area contributed by atoms with E-state index in [1.807, 2.05) is 13.1 Å². The molecule has 0 radical (unpaired) electrons. The van der Waals surface area contributed by atoms with E-state index in [0.717, 1.165) is 31.1 Å². The van der Waals surface area contributed by atoms with Gasteiger partial charge in [0.15, 0.2) is 0 Å². The third kappa shape index (κ3) is 3.00. The van der Waals surface area contributed by atoms with Gasteiger partial charge >= 0.3 is 0 Å². The molecule has 0 spiro atoms. The van der Waals surface area contributed by atoms with Crippen molar-refractivity contribution in [2.75, 3.05) is 32.5 Å². The van der Waals surface area contributed by atoms with Gasteiger partial charge in [-0.05, 0) is 33.0 Å². The number of piperazine rings is 1. The highest BCUT2D eigenvalue weighted by Crippen LogP contribution is 2.16. The molecule has 2 atom stereocenters. The van der Waals surface area contributed by atoms with E-state index in [1.54, 1.807) is 0 Å². The number of nitrogens with one attached hydrogen (secondary N) is 1. The van der Waals surface area contributed by atoms with Crippen molar-refractivity contribution in [1.29, 1.82) is 0 Å². The van der Waals surface area contributed by atoms with Crippen LogP contribution in [0.3, 0.4) is 0 Å². The van der Waals surface area contributed by atoms with Crippen LogP contribution in [0.15, 0.2) is 18.2 Å². The molecular weight excluding hydrogens is 224 g/mol. The Labute approximate surface area is 110 Å². The zero-order valence-corrected chi connectivity index (χ0v) is 11.8. The maximum Gasteiger partial charge on any atom is 0.126 e. The summed E-state index contributed by atoms with van der Waals surface area (Å²) in [6.07, 6.45) is 0. The van der Waals surface area contributed by atoms with E-state index < -0.39 is 0 Å². The summed E-state index contributed by atoms with van der Waals surface area (Å²) in [6, 6.07) is 7.40. The zero-order valence-electron chi connectivity index (χ0n) is 11.8. The van der Waals surface area contributed by atoms with E-state index in [4.69, 9.17) is 0 Å². The van der Waals surface area contributed by atoms with Gasteiger partial charge in [-0.1, -0.05) is 6.07 Å². The van der Waals surface area contributed by atoms with Gasteiger partial charge < -0.3 is 5.32 Å². The number of nitrogens with zero attached hydrogens (tertiary/aromatic N) is 3. The highest BCUT2D eigenvalue weighted by atomic mass is 15.3. The molecule has 1 saturated heterocycles. The Bertz CT molecular complexity index is 381. The van der Waals surface area contributed by atoms with Crippen molar-refractivity contribution in [3.05, 3.63) is 23.9 Å². The Balaban J connectivity index is 2.00. The van der Waals surface area contributed by atoms with Crippen LogP contribution in [0, 0.1) is 0 Å². The molecule has 18 heavy (non-hydrogen) atoms. The summed E-state index contributed by atoms with van der Waals surface area (Å²) in [5, 5.41) is 3.09. The van der Waals surface area contributed by atoms with Crippen LogP contribution in [0.5, 0.6) is 0 Å². The van der Waals surface area contributed by atoms with E-state index in [-0.39, 0.29) is 0 Å². The molecule has 1 aromatic rings. The summed E-state index contributed by atoms with van der Waals surface area (Å²) in [4.78, 5) is 9.54. The first kappa shape index (κ1) is 13.3. The molecule has 1 aliphatic heterocycles. The first-order valence-electron chi connectivity index (χ1n) is 6.68. The van der Waals surface area contributed by atoms with E-state index in [1.165, 1.54) is 0 Å². The molecule has 0 aromatic carbocycles. The first-order valence-corrected chi connectivity index (χ1v) is 6.68. The molecule has 2 rings (SSSR count). The predicted octanol–water partition coefficient (Wildman–Crippen LogP) is 1.65. The zero-order chi connectivity index (χ0) is 13.1. The number of hydrogen-bond acceptors (Lipinski definition) is 4. The summed E-state index contributed by atoms with van der Waals surface area (Å²) in [7, 11) is 4.12. The molecule has 4 heteroatoms. The maximum atomic E-state index is 4.59. The second-order valence-corrected chi connectivity index (χ2v) is 5.32. The van der Waals surface area contributed by atoms with Crippen molar-refractivity contribution < 1.29 is 0 Å². The van der Waals surface area contributed by atoms with Crippen LogP contribution in [0.4, 0.5) is 5.82 Å². The monoisotopic (exact) mass is 248 g/mol. The number of anilines is 1. The molecule has 0 saturated carbocycles. The summed E-state index contributed by atoms with van der Waals surface area (Å²) in [6.45, 7) is 7.76. The molecule has 0 amide bonds. The Morgan fingerprint density at radius 2 is 1.94 bits per heavy atom. The van der Waals surface area contributed by atoms with Crippen LogP contribution in [0.2, 0.25) is 0 Å². The van der Waals surface area contributed by atoms with Gasteiger partial charge in [-0.3, -0.25) is 9.80 Å². The lowest BCUT2D eigenvalue weighted by molar-refractivity contribution is 0.0549. The smallest absolute Gasteiger partial charge is 0.126 e. The number of hydrogen-bond donors (Lipinski definition) is 1. The van der Waals surface area contributed by atoms with Gasteiger partial charge in [-0.2, -0.15) is 0 Å². The number of aromatic nitrogens is 1. The second kappa shape index (κ2) is 5.67. The predicted molar refractivity (Wildman–Crippen MR) is 75.7 cm³/mol. The molecule has 1 aromatic heterocycles. The molecule has 2 heterocycles. The molecular formula is C14H24N4. The second-order valence-electron chi connectivity index (χ2n) is 5.32. The van der Waals surface area contributed by atoms with Crippen molar-refractivity contribution in [2.24, 2.45) is 0 Å². The fraction of sp³-hybridized carbons (Fsp3) is 0.643. The molecule has 1 aliphatic rings. The number of rotatable bonds is 3. The molecule has 1 N–H and O–H groups in total. The largest absolute Gasteiger partial charge is 0.373 e. The van der Waals surface area contributed by atoms with E-state index in [9.17, 15) is 0 Å². The van der Waals surface area contributed by atoms with Crippen molar-refractivity contribution in [2.45, 2.75) is 32.5 Å². The van der Waals surface area contributed by atoms with Crippen molar-refractivity contribution in [3.8, 4) is 0 Å². The Morgan fingerprint density at radius 3 is 2.56 bits per heavy atom. The fourth-order valence-corrected chi connectivity index (χ4v) is 2.58. The van der Waals surface area contributed by atoms with Crippen molar-refractivity contribution in [3.63, 3.8) is 0 Å². The van der Waals surface area contributed by atoms with Crippen molar-refractivity contribution >= 4 is 5.82 Å². The molecule has 4 nitrogen and oxygen atoms in total. The summed E-state index contributed by atoms with van der Waals surface area (Å²) in [5.74, 6) is 0.947. The normalized spacial score (nSPS) is 26.2. The molecule has 2 unspecified atom stereocenters. The van der Waals surface area contributed by atoms with Gasteiger partial charge in [-0.15, -0.1) is 0 Å². The summed E-state index contributed by atoms with van der Waals surface area (Å²) >= 11 is 0. The summed E-state index contributed by atoms with van der Waals surface area (Å²) in [5.41, 5.74) is 1.14. The lowest BCUT2D eigenvalue weighted by Crippen LogP contribution is -2.54. The van der Waals surface area contributed by atoms with Crippen LogP contribution in [0.25, 0.3) is 0 Å². The standard InChI is InChI=1S/C14H24N4/c1-11-8-18(9-12(2)17(11)4)10-13-6-5-7-14(15-3)16-13/h5-7,11-12H,8-10H2,1-4H3,(H,15,16). The van der Waals surface area contributed by atoms with E-state index >= 15 is 0 Å². The van der Waals surface area contributed by atoms with Crippen LogP contribution < -0.4 is 5.32 Å². The van der Waals surface area contributed by atoms with Gasteiger partial charge in [0.2, 0.25) is 0 Å². The van der Waals surface area contributed by atoms with Crippen LogP contribution in [-0.4, -0.2) is 54.1 Å². The third-order valence-corrected chi connectivity index (χ3v) is 3.88. The van der Waals surface area contributed by atoms with Gasteiger partial charge in [0.1, 0.15) is 5.82 Å². The lowest BCUT2D eigenvalue weighted by atomic mass is 10.1. The Hall–Kier alpha value is -1.13. The average Bonchev–Trinajstić information content (AvgIpc) is 2.36. The average molecular weight is 248 g/mol. The minimum atomic E-state index is 0.612. The van der Waals surface area contributed by atoms with Crippen LogP contribution in [0.1, 0.15) is 19.5 Å². The van der Waals surface area contributed by atoms with E-state index in [2.05, 4.69) is 53.1 Å².